The fourth-order valence-corrected chi connectivity index (χ4v) is 4.07. The van der Waals surface area contributed by atoms with Gasteiger partial charge in [-0.2, -0.15) is 0 Å². The summed E-state index contributed by atoms with van der Waals surface area (Å²) in [5.74, 6) is 0. The number of anilines is 1. The molecule has 27 heavy (non-hydrogen) atoms. The molecule has 3 aromatic rings. The number of nitrogens with one attached hydrogen (secondary N) is 1. The number of imidazole rings is 1. The Bertz CT molecular complexity index is 1040. The van der Waals surface area contributed by atoms with Crippen molar-refractivity contribution in [1.29, 1.82) is 0 Å². The summed E-state index contributed by atoms with van der Waals surface area (Å²) < 4.78 is 25.8. The molecule has 1 aromatic heterocycles. The summed E-state index contributed by atoms with van der Waals surface area (Å²) in [4.78, 5) is 4.54. The Morgan fingerprint density at radius 2 is 1.89 bits per heavy atom. The van der Waals surface area contributed by atoms with E-state index in [0.717, 1.165) is 17.7 Å². The number of rotatable bonds is 6. The van der Waals surface area contributed by atoms with Crippen LogP contribution in [0.3, 0.4) is 0 Å². The van der Waals surface area contributed by atoms with Gasteiger partial charge >= 0.3 is 0 Å². The van der Waals surface area contributed by atoms with Crippen LogP contribution in [-0.4, -0.2) is 18.0 Å². The summed E-state index contributed by atoms with van der Waals surface area (Å²) >= 11 is 0. The average Bonchev–Trinajstić information content (AvgIpc) is 3.05. The van der Waals surface area contributed by atoms with E-state index in [4.69, 9.17) is 5.14 Å². The first-order chi connectivity index (χ1) is 12.8. The topological polar surface area (TPSA) is 90.0 Å². The van der Waals surface area contributed by atoms with Crippen molar-refractivity contribution in [2.75, 3.05) is 5.32 Å². The maximum Gasteiger partial charge on any atom is 0.238 e. The standard InChI is InChI=1S/C20H24N4O2S/c1-4-16(15-8-6-5-7-9-15)23-17-10-11-19(27(21,25)26)14(2)20(17)18-12-24(3)13-22-18/h5-13,16,23H,4H2,1-3H3,(H2,21,25,26)/t16-/m0/s1. The molecule has 7 heteroatoms. The summed E-state index contributed by atoms with van der Waals surface area (Å²) in [5.41, 5.74) is 4.03. The van der Waals surface area contributed by atoms with E-state index in [-0.39, 0.29) is 10.9 Å². The van der Waals surface area contributed by atoms with Crippen molar-refractivity contribution in [3.8, 4) is 11.3 Å². The van der Waals surface area contributed by atoms with Crippen LogP contribution in [0.4, 0.5) is 5.69 Å². The van der Waals surface area contributed by atoms with Crippen LogP contribution in [0.15, 0.2) is 59.9 Å². The predicted molar refractivity (Wildman–Crippen MR) is 108 cm³/mol. The minimum Gasteiger partial charge on any atom is -0.378 e. The highest BCUT2D eigenvalue weighted by molar-refractivity contribution is 7.89. The van der Waals surface area contributed by atoms with Gasteiger partial charge in [0, 0.05) is 24.5 Å². The number of primary sulfonamides is 1. The molecule has 1 atom stereocenters. The van der Waals surface area contributed by atoms with E-state index in [2.05, 4.69) is 29.4 Å². The highest BCUT2D eigenvalue weighted by Gasteiger charge is 2.21. The molecule has 0 saturated carbocycles. The van der Waals surface area contributed by atoms with Crippen LogP contribution < -0.4 is 10.5 Å². The monoisotopic (exact) mass is 384 g/mol. The van der Waals surface area contributed by atoms with Crippen molar-refractivity contribution >= 4 is 15.7 Å². The second kappa shape index (κ2) is 7.54. The van der Waals surface area contributed by atoms with Gasteiger partial charge in [-0.25, -0.2) is 18.5 Å². The van der Waals surface area contributed by atoms with Crippen LogP contribution in [0.2, 0.25) is 0 Å². The highest BCUT2D eigenvalue weighted by atomic mass is 32.2. The van der Waals surface area contributed by atoms with Gasteiger partial charge in [0.05, 0.1) is 23.0 Å². The number of benzene rings is 2. The fraction of sp³-hybridized carbons (Fsp3) is 0.250. The van der Waals surface area contributed by atoms with Gasteiger partial charge in [0.15, 0.2) is 0 Å². The van der Waals surface area contributed by atoms with Crippen LogP contribution in [0.25, 0.3) is 11.3 Å². The van der Waals surface area contributed by atoms with Gasteiger partial charge in [-0.15, -0.1) is 0 Å². The van der Waals surface area contributed by atoms with Crippen LogP contribution in [0, 0.1) is 6.92 Å². The van der Waals surface area contributed by atoms with E-state index in [0.29, 0.717) is 11.3 Å². The maximum atomic E-state index is 12.0. The number of aryl methyl sites for hydroxylation is 1. The van der Waals surface area contributed by atoms with Gasteiger partial charge in [-0.05, 0) is 36.6 Å². The summed E-state index contributed by atoms with van der Waals surface area (Å²) in [7, 11) is -1.95. The van der Waals surface area contributed by atoms with Crippen molar-refractivity contribution in [2.24, 2.45) is 12.2 Å². The smallest absolute Gasteiger partial charge is 0.238 e. The fourth-order valence-electron chi connectivity index (χ4n) is 3.29. The minimum atomic E-state index is -3.82. The van der Waals surface area contributed by atoms with Crippen molar-refractivity contribution in [1.82, 2.24) is 9.55 Å². The maximum absolute atomic E-state index is 12.0. The number of hydrogen-bond acceptors (Lipinski definition) is 4. The first-order valence-electron chi connectivity index (χ1n) is 8.77. The molecule has 142 valence electrons. The quantitative estimate of drug-likeness (QED) is 0.679. The van der Waals surface area contributed by atoms with Crippen molar-refractivity contribution in [3.05, 3.63) is 66.1 Å². The molecule has 0 spiro atoms. The number of sulfonamides is 1. The predicted octanol–water partition coefficient (Wildman–Crippen LogP) is 3.61. The van der Waals surface area contributed by atoms with E-state index in [1.54, 1.807) is 25.4 Å². The first-order valence-corrected chi connectivity index (χ1v) is 10.3. The van der Waals surface area contributed by atoms with Gasteiger partial charge in [0.25, 0.3) is 0 Å². The number of hydrogen-bond donors (Lipinski definition) is 2. The molecule has 2 aromatic carbocycles. The normalized spacial score (nSPS) is 12.7. The molecule has 0 bridgehead atoms. The molecular weight excluding hydrogens is 360 g/mol. The SMILES string of the molecule is CC[C@H](Nc1ccc(S(N)(=O)=O)c(C)c1-c1cn(C)cn1)c1ccccc1. The molecule has 0 fully saturated rings. The van der Waals surface area contributed by atoms with E-state index >= 15 is 0 Å². The lowest BCUT2D eigenvalue weighted by Crippen LogP contribution is -2.16. The molecule has 0 aliphatic rings. The van der Waals surface area contributed by atoms with E-state index in [1.807, 2.05) is 36.0 Å². The third kappa shape index (κ3) is 4.04. The molecule has 1 heterocycles. The lowest BCUT2D eigenvalue weighted by Gasteiger charge is -2.22. The van der Waals surface area contributed by atoms with Gasteiger partial charge < -0.3 is 9.88 Å². The Morgan fingerprint density at radius 3 is 2.44 bits per heavy atom. The zero-order chi connectivity index (χ0) is 19.6. The summed E-state index contributed by atoms with van der Waals surface area (Å²) in [6, 6.07) is 13.6. The van der Waals surface area contributed by atoms with Crippen molar-refractivity contribution < 1.29 is 8.42 Å². The Kier molecular flexibility index (Phi) is 5.34. The molecule has 0 radical (unpaired) electrons. The van der Waals surface area contributed by atoms with Crippen LogP contribution in [0.5, 0.6) is 0 Å². The van der Waals surface area contributed by atoms with E-state index in [1.165, 1.54) is 5.56 Å². The Balaban J connectivity index is 2.13. The first kappa shape index (κ1) is 19.1. The molecule has 6 nitrogen and oxygen atoms in total. The summed E-state index contributed by atoms with van der Waals surface area (Å²) in [6.07, 6.45) is 4.43. The highest BCUT2D eigenvalue weighted by Crippen LogP contribution is 2.36. The average molecular weight is 385 g/mol. The minimum absolute atomic E-state index is 0.0911. The molecule has 0 aliphatic heterocycles. The van der Waals surface area contributed by atoms with Crippen LogP contribution in [-0.2, 0) is 17.1 Å². The van der Waals surface area contributed by atoms with Crippen molar-refractivity contribution in [2.45, 2.75) is 31.2 Å². The third-order valence-electron chi connectivity index (χ3n) is 4.62. The molecule has 0 unspecified atom stereocenters. The van der Waals surface area contributed by atoms with Gasteiger partial charge in [0.2, 0.25) is 10.0 Å². The largest absolute Gasteiger partial charge is 0.378 e. The Morgan fingerprint density at radius 1 is 1.19 bits per heavy atom. The Hall–Kier alpha value is -2.64. The molecule has 3 N–H and O–H groups in total. The summed E-state index contributed by atoms with van der Waals surface area (Å²) in [6.45, 7) is 3.87. The van der Waals surface area contributed by atoms with Gasteiger partial charge in [0.1, 0.15) is 0 Å². The summed E-state index contributed by atoms with van der Waals surface area (Å²) in [5, 5.41) is 8.96. The van der Waals surface area contributed by atoms with Gasteiger partial charge in [-0.1, -0.05) is 37.3 Å². The van der Waals surface area contributed by atoms with Crippen LogP contribution in [0.1, 0.15) is 30.5 Å². The molecule has 0 aliphatic carbocycles. The third-order valence-corrected chi connectivity index (χ3v) is 5.68. The zero-order valence-electron chi connectivity index (χ0n) is 15.7. The van der Waals surface area contributed by atoms with Crippen molar-refractivity contribution in [3.63, 3.8) is 0 Å². The number of aromatic nitrogens is 2. The van der Waals surface area contributed by atoms with Crippen LogP contribution >= 0.6 is 0 Å². The second-order valence-corrected chi connectivity index (χ2v) is 8.13. The number of nitrogens with zero attached hydrogens (tertiary/aromatic N) is 2. The van der Waals surface area contributed by atoms with E-state index in [9.17, 15) is 8.42 Å². The lowest BCUT2D eigenvalue weighted by atomic mass is 10.00. The second-order valence-electron chi connectivity index (χ2n) is 6.60. The zero-order valence-corrected chi connectivity index (χ0v) is 16.5. The molecule has 0 saturated heterocycles. The lowest BCUT2D eigenvalue weighted by molar-refractivity contribution is 0.597. The number of nitrogens with two attached hydrogens (primary N) is 1. The molecule has 0 amide bonds. The van der Waals surface area contributed by atoms with Gasteiger partial charge in [-0.3, -0.25) is 0 Å². The molecule has 3 rings (SSSR count). The molecular formula is C20H24N4O2S. The Labute approximate surface area is 160 Å². The van der Waals surface area contributed by atoms with E-state index < -0.39 is 10.0 Å².